The van der Waals surface area contributed by atoms with Crippen LogP contribution in [0.3, 0.4) is 0 Å². The van der Waals surface area contributed by atoms with Gasteiger partial charge in [-0.3, -0.25) is 4.98 Å². The van der Waals surface area contributed by atoms with Crippen molar-refractivity contribution in [2.45, 2.75) is 31.8 Å². The van der Waals surface area contributed by atoms with E-state index in [9.17, 15) is 9.90 Å². The molecule has 1 aromatic rings. The van der Waals surface area contributed by atoms with Crippen LogP contribution in [0, 0.1) is 0 Å². The van der Waals surface area contributed by atoms with E-state index in [2.05, 4.69) is 9.88 Å². The van der Waals surface area contributed by atoms with E-state index in [1.54, 1.807) is 17.2 Å². The van der Waals surface area contributed by atoms with Crippen molar-refractivity contribution in [3.63, 3.8) is 0 Å². The highest BCUT2D eigenvalue weighted by Crippen LogP contribution is 2.23. The number of nitrogens with zero attached hydrogens (tertiary/aromatic N) is 3. The highest BCUT2D eigenvalue weighted by molar-refractivity contribution is 5.68. The Hall–Kier alpha value is -1.98. The monoisotopic (exact) mass is 291 g/mol. The van der Waals surface area contributed by atoms with Crippen molar-refractivity contribution in [2.75, 3.05) is 31.1 Å². The molecular formula is C15H21N3O3. The summed E-state index contributed by atoms with van der Waals surface area (Å²) in [6.07, 6.45) is 7.40. The minimum Gasteiger partial charge on any atom is -0.506 e. The van der Waals surface area contributed by atoms with Crippen molar-refractivity contribution in [1.82, 2.24) is 9.88 Å². The second-order valence-corrected chi connectivity index (χ2v) is 5.67. The number of rotatable bonds is 2. The predicted octanol–water partition coefficient (Wildman–Crippen LogP) is 1.99. The van der Waals surface area contributed by atoms with Crippen LogP contribution < -0.4 is 4.90 Å². The number of ether oxygens (including phenoxy) is 1. The zero-order chi connectivity index (χ0) is 14.7. The highest BCUT2D eigenvalue weighted by atomic mass is 16.6. The number of aromatic nitrogens is 1. The molecule has 1 N–H and O–H groups in total. The molecule has 0 atom stereocenters. The molecule has 1 aromatic heterocycles. The van der Waals surface area contributed by atoms with Gasteiger partial charge >= 0.3 is 6.09 Å². The van der Waals surface area contributed by atoms with Crippen LogP contribution in [0.4, 0.5) is 10.5 Å². The average Bonchev–Trinajstić information content (AvgIpc) is 3.00. The Balaban J connectivity index is 1.51. The molecule has 114 valence electrons. The Labute approximate surface area is 124 Å². The predicted molar refractivity (Wildman–Crippen MR) is 78.4 cm³/mol. The van der Waals surface area contributed by atoms with E-state index in [1.165, 1.54) is 6.20 Å². The van der Waals surface area contributed by atoms with E-state index in [0.29, 0.717) is 13.1 Å². The Morgan fingerprint density at radius 1 is 1.19 bits per heavy atom. The van der Waals surface area contributed by atoms with Gasteiger partial charge in [-0.2, -0.15) is 0 Å². The number of amides is 1. The number of piperazine rings is 1. The fourth-order valence-corrected chi connectivity index (χ4v) is 2.96. The van der Waals surface area contributed by atoms with Crippen LogP contribution in [0.1, 0.15) is 25.7 Å². The summed E-state index contributed by atoms with van der Waals surface area (Å²) in [6, 6.07) is 1.69. The first-order chi connectivity index (χ1) is 10.2. The van der Waals surface area contributed by atoms with Crippen LogP contribution >= 0.6 is 0 Å². The molecule has 0 radical (unpaired) electrons. The molecule has 0 unspecified atom stereocenters. The van der Waals surface area contributed by atoms with E-state index >= 15 is 0 Å². The number of hydrogen-bond donors (Lipinski definition) is 1. The fraction of sp³-hybridized carbons (Fsp3) is 0.600. The summed E-state index contributed by atoms with van der Waals surface area (Å²) in [5.41, 5.74) is 0.888. The summed E-state index contributed by atoms with van der Waals surface area (Å²) >= 11 is 0. The average molecular weight is 291 g/mol. The molecule has 6 nitrogen and oxygen atoms in total. The van der Waals surface area contributed by atoms with Gasteiger partial charge in [0.15, 0.2) is 0 Å². The van der Waals surface area contributed by atoms with Gasteiger partial charge in [-0.15, -0.1) is 0 Å². The maximum absolute atomic E-state index is 12.1. The lowest BCUT2D eigenvalue weighted by molar-refractivity contribution is 0.0639. The summed E-state index contributed by atoms with van der Waals surface area (Å²) in [7, 11) is 0. The number of anilines is 1. The number of pyridine rings is 1. The van der Waals surface area contributed by atoms with Crippen LogP contribution in [0.25, 0.3) is 0 Å². The first-order valence-electron chi connectivity index (χ1n) is 7.57. The quantitative estimate of drug-likeness (QED) is 0.902. The zero-order valence-electron chi connectivity index (χ0n) is 12.1. The number of aromatic hydroxyl groups is 1. The third-order valence-corrected chi connectivity index (χ3v) is 4.18. The minimum atomic E-state index is -0.185. The van der Waals surface area contributed by atoms with E-state index in [-0.39, 0.29) is 17.9 Å². The van der Waals surface area contributed by atoms with Gasteiger partial charge in [0.1, 0.15) is 11.9 Å². The number of hydrogen-bond acceptors (Lipinski definition) is 5. The van der Waals surface area contributed by atoms with Gasteiger partial charge in [0.2, 0.25) is 0 Å². The standard InChI is InChI=1S/C15H21N3O3/c19-13-9-12(10-16-11-13)17-5-7-18(8-6-17)15(20)21-14-3-1-2-4-14/h9-11,14,19H,1-8H2. The summed E-state index contributed by atoms with van der Waals surface area (Å²) in [4.78, 5) is 20.0. The van der Waals surface area contributed by atoms with Crippen LogP contribution in [0.15, 0.2) is 18.5 Å². The lowest BCUT2D eigenvalue weighted by Crippen LogP contribution is -2.49. The summed E-state index contributed by atoms with van der Waals surface area (Å²) in [6.45, 7) is 2.73. The highest BCUT2D eigenvalue weighted by Gasteiger charge is 2.26. The molecule has 21 heavy (non-hydrogen) atoms. The van der Waals surface area contributed by atoms with Crippen molar-refractivity contribution >= 4 is 11.8 Å². The Morgan fingerprint density at radius 2 is 1.90 bits per heavy atom. The van der Waals surface area contributed by atoms with Crippen molar-refractivity contribution in [3.05, 3.63) is 18.5 Å². The number of carbonyl (C=O) groups excluding carboxylic acids is 1. The molecule has 2 heterocycles. The van der Waals surface area contributed by atoms with Gasteiger partial charge in [0.25, 0.3) is 0 Å². The summed E-state index contributed by atoms with van der Waals surface area (Å²) < 4.78 is 5.53. The van der Waals surface area contributed by atoms with Gasteiger partial charge in [-0.1, -0.05) is 0 Å². The molecule has 2 fully saturated rings. The van der Waals surface area contributed by atoms with Crippen molar-refractivity contribution in [1.29, 1.82) is 0 Å². The lowest BCUT2D eigenvalue weighted by Gasteiger charge is -2.35. The fourth-order valence-electron chi connectivity index (χ4n) is 2.96. The maximum Gasteiger partial charge on any atom is 0.410 e. The number of carbonyl (C=O) groups is 1. The smallest absolute Gasteiger partial charge is 0.410 e. The Bertz CT molecular complexity index is 495. The Morgan fingerprint density at radius 3 is 2.57 bits per heavy atom. The van der Waals surface area contributed by atoms with Gasteiger partial charge in [-0.25, -0.2) is 4.79 Å². The molecule has 1 amide bonds. The topological polar surface area (TPSA) is 65.9 Å². The van der Waals surface area contributed by atoms with Gasteiger partial charge in [0.05, 0.1) is 18.1 Å². The molecule has 2 aliphatic rings. The molecule has 1 saturated carbocycles. The van der Waals surface area contributed by atoms with Crippen LogP contribution in [-0.2, 0) is 4.74 Å². The summed E-state index contributed by atoms with van der Waals surface area (Å²) in [5.74, 6) is 0.163. The maximum atomic E-state index is 12.1. The molecule has 3 rings (SSSR count). The normalized spacial score (nSPS) is 19.8. The molecule has 0 bridgehead atoms. The van der Waals surface area contributed by atoms with Gasteiger partial charge in [-0.05, 0) is 25.7 Å². The molecule has 1 saturated heterocycles. The van der Waals surface area contributed by atoms with E-state index in [0.717, 1.165) is 44.5 Å². The molecule has 1 aliphatic heterocycles. The van der Waals surface area contributed by atoms with Crippen molar-refractivity contribution in [2.24, 2.45) is 0 Å². The molecular weight excluding hydrogens is 270 g/mol. The largest absolute Gasteiger partial charge is 0.506 e. The van der Waals surface area contributed by atoms with Crippen LogP contribution in [0.5, 0.6) is 5.75 Å². The molecule has 0 aromatic carbocycles. The second kappa shape index (κ2) is 6.20. The molecule has 6 heteroatoms. The molecule has 1 aliphatic carbocycles. The van der Waals surface area contributed by atoms with E-state index < -0.39 is 0 Å². The van der Waals surface area contributed by atoms with Crippen molar-refractivity contribution in [3.8, 4) is 5.75 Å². The molecule has 0 spiro atoms. The first kappa shape index (κ1) is 14.0. The minimum absolute atomic E-state index is 0.116. The SMILES string of the molecule is O=C(OC1CCCC1)N1CCN(c2cncc(O)c2)CC1. The van der Waals surface area contributed by atoms with Crippen LogP contribution in [-0.4, -0.2) is 53.4 Å². The van der Waals surface area contributed by atoms with Gasteiger partial charge < -0.3 is 19.6 Å². The van der Waals surface area contributed by atoms with E-state index in [1.807, 2.05) is 0 Å². The summed E-state index contributed by atoms with van der Waals surface area (Å²) in [5, 5.41) is 9.47. The zero-order valence-corrected chi connectivity index (χ0v) is 12.1. The van der Waals surface area contributed by atoms with Gasteiger partial charge in [0, 0.05) is 32.2 Å². The van der Waals surface area contributed by atoms with Crippen molar-refractivity contribution < 1.29 is 14.6 Å². The third-order valence-electron chi connectivity index (χ3n) is 4.18. The van der Waals surface area contributed by atoms with E-state index in [4.69, 9.17) is 4.74 Å². The Kier molecular flexibility index (Phi) is 4.13. The second-order valence-electron chi connectivity index (χ2n) is 5.67. The van der Waals surface area contributed by atoms with Crippen LogP contribution in [0.2, 0.25) is 0 Å². The first-order valence-corrected chi connectivity index (χ1v) is 7.57. The lowest BCUT2D eigenvalue weighted by atomic mass is 10.3. The third kappa shape index (κ3) is 3.37.